The normalized spacial score (nSPS) is 11.2. The lowest BCUT2D eigenvalue weighted by molar-refractivity contribution is -0.131. The standard InChI is InChI=1S/C12H10ClNO3/c1-17-10-4-3-9(13)8-6-7(14-12(8)10)2-5-11(15)16/h2-6,14H,1H3,(H,15,16)/b5-2+. The first-order valence-corrected chi connectivity index (χ1v) is 5.26. The van der Waals surface area contributed by atoms with Crippen molar-refractivity contribution in [1.82, 2.24) is 4.98 Å². The zero-order chi connectivity index (χ0) is 12.4. The number of aliphatic carboxylic acids is 1. The van der Waals surface area contributed by atoms with E-state index in [9.17, 15) is 4.79 Å². The van der Waals surface area contributed by atoms with Crippen molar-refractivity contribution in [1.29, 1.82) is 0 Å². The highest BCUT2D eigenvalue weighted by Gasteiger charge is 2.08. The van der Waals surface area contributed by atoms with Gasteiger partial charge in [-0.3, -0.25) is 0 Å². The highest BCUT2D eigenvalue weighted by molar-refractivity contribution is 6.35. The molecule has 2 aromatic rings. The van der Waals surface area contributed by atoms with Gasteiger partial charge in [0.2, 0.25) is 0 Å². The van der Waals surface area contributed by atoms with E-state index in [4.69, 9.17) is 21.4 Å². The minimum Gasteiger partial charge on any atom is -0.495 e. The molecule has 0 spiro atoms. The summed E-state index contributed by atoms with van der Waals surface area (Å²) in [6.07, 6.45) is 2.53. The Morgan fingerprint density at radius 2 is 2.29 bits per heavy atom. The molecule has 1 aromatic heterocycles. The number of halogens is 1. The van der Waals surface area contributed by atoms with E-state index in [1.807, 2.05) is 0 Å². The Labute approximate surface area is 102 Å². The number of hydrogen-bond acceptors (Lipinski definition) is 2. The number of carbonyl (C=O) groups is 1. The van der Waals surface area contributed by atoms with Gasteiger partial charge >= 0.3 is 5.97 Å². The van der Waals surface area contributed by atoms with Gasteiger partial charge in [0.15, 0.2) is 0 Å². The third-order valence-corrected chi connectivity index (χ3v) is 2.68. The first-order valence-electron chi connectivity index (χ1n) is 4.88. The Kier molecular flexibility index (Phi) is 3.06. The molecule has 0 saturated heterocycles. The molecular weight excluding hydrogens is 242 g/mol. The number of carboxylic acids is 1. The molecule has 4 nitrogen and oxygen atoms in total. The number of benzene rings is 1. The summed E-state index contributed by atoms with van der Waals surface area (Å²) in [5.41, 5.74) is 1.42. The van der Waals surface area contributed by atoms with Crippen LogP contribution in [0.3, 0.4) is 0 Å². The van der Waals surface area contributed by atoms with Gasteiger partial charge < -0.3 is 14.8 Å². The highest BCUT2D eigenvalue weighted by atomic mass is 35.5. The maximum atomic E-state index is 10.4. The number of aromatic nitrogens is 1. The fourth-order valence-electron chi connectivity index (χ4n) is 1.60. The zero-order valence-electron chi connectivity index (χ0n) is 9.03. The summed E-state index contributed by atoms with van der Waals surface area (Å²) < 4.78 is 5.19. The minimum absolute atomic E-state index is 0.590. The topological polar surface area (TPSA) is 62.3 Å². The number of hydrogen-bond donors (Lipinski definition) is 2. The molecule has 17 heavy (non-hydrogen) atoms. The van der Waals surface area contributed by atoms with Gasteiger partial charge in [0.05, 0.1) is 17.6 Å². The van der Waals surface area contributed by atoms with E-state index >= 15 is 0 Å². The fraction of sp³-hybridized carbons (Fsp3) is 0.0833. The molecule has 0 aliphatic rings. The van der Waals surface area contributed by atoms with E-state index in [-0.39, 0.29) is 0 Å². The number of H-pyrrole nitrogens is 1. The number of methoxy groups -OCH3 is 1. The number of carboxylic acid groups (broad SMARTS) is 1. The van der Waals surface area contributed by atoms with Crippen molar-refractivity contribution < 1.29 is 14.6 Å². The van der Waals surface area contributed by atoms with Crippen LogP contribution in [0.5, 0.6) is 5.75 Å². The molecule has 88 valence electrons. The minimum atomic E-state index is -0.998. The lowest BCUT2D eigenvalue weighted by atomic mass is 10.2. The zero-order valence-corrected chi connectivity index (χ0v) is 9.78. The molecule has 0 fully saturated rings. The molecule has 1 heterocycles. The summed E-state index contributed by atoms with van der Waals surface area (Å²) in [6, 6.07) is 5.27. The second-order valence-corrected chi connectivity index (χ2v) is 3.84. The van der Waals surface area contributed by atoms with Crippen molar-refractivity contribution in [3.63, 3.8) is 0 Å². The molecule has 2 rings (SSSR count). The third-order valence-electron chi connectivity index (χ3n) is 2.35. The Morgan fingerprint density at radius 1 is 1.53 bits per heavy atom. The number of rotatable bonds is 3. The highest BCUT2D eigenvalue weighted by Crippen LogP contribution is 2.31. The largest absolute Gasteiger partial charge is 0.495 e. The van der Waals surface area contributed by atoms with Crippen LogP contribution in [0.15, 0.2) is 24.3 Å². The van der Waals surface area contributed by atoms with E-state index < -0.39 is 5.97 Å². The average Bonchev–Trinajstić information content (AvgIpc) is 2.72. The molecule has 0 amide bonds. The van der Waals surface area contributed by atoms with Crippen LogP contribution in [-0.4, -0.2) is 23.2 Å². The first-order chi connectivity index (χ1) is 8.11. The number of aromatic amines is 1. The van der Waals surface area contributed by atoms with E-state index in [0.29, 0.717) is 16.5 Å². The van der Waals surface area contributed by atoms with Gasteiger partial charge in [0, 0.05) is 17.2 Å². The number of ether oxygens (including phenoxy) is 1. The monoisotopic (exact) mass is 251 g/mol. The van der Waals surface area contributed by atoms with E-state index in [1.165, 1.54) is 6.08 Å². The maximum Gasteiger partial charge on any atom is 0.328 e. The van der Waals surface area contributed by atoms with Gasteiger partial charge in [-0.25, -0.2) is 4.79 Å². The summed E-state index contributed by atoms with van der Waals surface area (Å²) in [5.74, 6) is -0.332. The third kappa shape index (κ3) is 2.26. The Bertz CT molecular complexity index is 601. The SMILES string of the molecule is COc1ccc(Cl)c2cc(/C=C/C(=O)O)[nH]c12. The summed E-state index contributed by atoms with van der Waals surface area (Å²) in [6.45, 7) is 0. The molecule has 0 atom stereocenters. The number of fused-ring (bicyclic) bond motifs is 1. The van der Waals surface area contributed by atoms with Gasteiger partial charge in [-0.1, -0.05) is 11.6 Å². The van der Waals surface area contributed by atoms with Crippen molar-refractivity contribution >= 4 is 34.5 Å². The average molecular weight is 252 g/mol. The predicted molar refractivity (Wildman–Crippen MR) is 66.5 cm³/mol. The van der Waals surface area contributed by atoms with Gasteiger partial charge in [0.25, 0.3) is 0 Å². The molecular formula is C12H10ClNO3. The van der Waals surface area contributed by atoms with Crippen LogP contribution in [0.1, 0.15) is 5.69 Å². The first kappa shape index (κ1) is 11.5. The van der Waals surface area contributed by atoms with Crippen LogP contribution in [0.25, 0.3) is 17.0 Å². The van der Waals surface area contributed by atoms with Gasteiger partial charge in [-0.2, -0.15) is 0 Å². The number of nitrogens with one attached hydrogen (secondary N) is 1. The molecule has 5 heteroatoms. The molecule has 0 saturated carbocycles. The van der Waals surface area contributed by atoms with E-state index in [1.54, 1.807) is 25.3 Å². The Hall–Kier alpha value is -1.94. The summed E-state index contributed by atoms with van der Waals surface area (Å²) in [4.78, 5) is 13.5. The fourth-order valence-corrected chi connectivity index (χ4v) is 1.81. The van der Waals surface area contributed by atoms with E-state index in [2.05, 4.69) is 4.98 Å². The quantitative estimate of drug-likeness (QED) is 0.825. The van der Waals surface area contributed by atoms with Crippen molar-refractivity contribution in [3.05, 3.63) is 35.0 Å². The van der Waals surface area contributed by atoms with Gasteiger partial charge in [-0.05, 0) is 24.3 Å². The Morgan fingerprint density at radius 3 is 2.94 bits per heavy atom. The van der Waals surface area contributed by atoms with Crippen LogP contribution in [0.4, 0.5) is 0 Å². The van der Waals surface area contributed by atoms with Gasteiger partial charge in [-0.15, -0.1) is 0 Å². The second-order valence-electron chi connectivity index (χ2n) is 3.43. The smallest absolute Gasteiger partial charge is 0.328 e. The molecule has 0 unspecified atom stereocenters. The van der Waals surface area contributed by atoms with Crippen molar-refractivity contribution in [2.45, 2.75) is 0 Å². The summed E-state index contributed by atoms with van der Waals surface area (Å²) >= 11 is 6.05. The van der Waals surface area contributed by atoms with Crippen molar-refractivity contribution in [2.24, 2.45) is 0 Å². The van der Waals surface area contributed by atoms with Crippen molar-refractivity contribution in [3.8, 4) is 5.75 Å². The molecule has 1 aromatic carbocycles. The lowest BCUT2D eigenvalue weighted by Crippen LogP contribution is -1.86. The maximum absolute atomic E-state index is 10.4. The van der Waals surface area contributed by atoms with Crippen LogP contribution in [-0.2, 0) is 4.79 Å². The molecule has 0 aliphatic carbocycles. The van der Waals surface area contributed by atoms with E-state index in [0.717, 1.165) is 17.0 Å². The Balaban J connectivity index is 2.56. The molecule has 0 aliphatic heterocycles. The summed E-state index contributed by atoms with van der Waals surface area (Å²) in [7, 11) is 1.57. The molecule has 0 radical (unpaired) electrons. The van der Waals surface area contributed by atoms with Gasteiger partial charge in [0.1, 0.15) is 5.75 Å². The lowest BCUT2D eigenvalue weighted by Gasteiger charge is -2.01. The van der Waals surface area contributed by atoms with Crippen molar-refractivity contribution in [2.75, 3.05) is 7.11 Å². The van der Waals surface area contributed by atoms with Crippen LogP contribution in [0, 0.1) is 0 Å². The van der Waals surface area contributed by atoms with Crippen LogP contribution in [0.2, 0.25) is 5.02 Å². The molecule has 2 N–H and O–H groups in total. The second kappa shape index (κ2) is 4.51. The molecule has 0 bridgehead atoms. The van der Waals surface area contributed by atoms with Crippen LogP contribution >= 0.6 is 11.6 Å². The summed E-state index contributed by atoms with van der Waals surface area (Å²) in [5, 5.41) is 9.95. The van der Waals surface area contributed by atoms with Crippen LogP contribution < -0.4 is 4.74 Å². The predicted octanol–water partition coefficient (Wildman–Crippen LogP) is 2.93.